The third-order valence-electron chi connectivity index (χ3n) is 3.09. The number of anilines is 1. The quantitative estimate of drug-likeness (QED) is 0.618. The number of thioether (sulfide) groups is 3. The van der Waals surface area contributed by atoms with Crippen LogP contribution in [0.5, 0.6) is 0 Å². The highest BCUT2D eigenvalue weighted by Crippen LogP contribution is 2.41. The molecule has 0 aromatic heterocycles. The second-order valence-corrected chi connectivity index (χ2v) is 8.15. The molecule has 2 aliphatic rings. The number of hydrogen-bond acceptors (Lipinski definition) is 4. The Morgan fingerprint density at radius 2 is 1.41 bits per heavy atom. The van der Waals surface area contributed by atoms with Crippen LogP contribution in [0.2, 0.25) is 0 Å². The molecule has 0 spiro atoms. The number of fused-ring (bicyclic) bond motifs is 2. The molecular weight excluding hydrogens is 326 g/mol. The first-order chi connectivity index (χ1) is 10.7. The second-order valence-electron chi connectivity index (χ2n) is 4.89. The van der Waals surface area contributed by atoms with Crippen molar-refractivity contribution in [2.45, 2.75) is 14.7 Å². The summed E-state index contributed by atoms with van der Waals surface area (Å²) in [7, 11) is 0. The van der Waals surface area contributed by atoms with Gasteiger partial charge in [-0.25, -0.2) is 0 Å². The number of rotatable bonds is 0. The lowest BCUT2D eigenvalue weighted by Gasteiger charge is -2.18. The van der Waals surface area contributed by atoms with E-state index in [1.165, 1.54) is 25.3 Å². The molecule has 0 fully saturated rings. The second kappa shape index (κ2) is 7.36. The smallest absolute Gasteiger partial charge is 0.0520 e. The van der Waals surface area contributed by atoms with Crippen molar-refractivity contribution in [3.63, 3.8) is 0 Å². The van der Waals surface area contributed by atoms with E-state index in [2.05, 4.69) is 60.9 Å². The van der Waals surface area contributed by atoms with E-state index < -0.39 is 0 Å². The van der Waals surface area contributed by atoms with Gasteiger partial charge >= 0.3 is 0 Å². The summed E-state index contributed by atoms with van der Waals surface area (Å²) < 4.78 is 0. The Morgan fingerprint density at radius 3 is 2.23 bits per heavy atom. The van der Waals surface area contributed by atoms with E-state index in [4.69, 9.17) is 0 Å². The Bertz CT molecular complexity index is 647. The van der Waals surface area contributed by atoms with Gasteiger partial charge in [0.05, 0.1) is 5.69 Å². The number of nitrogens with one attached hydrogen (secondary N) is 1. The van der Waals surface area contributed by atoms with Crippen molar-refractivity contribution in [3.8, 4) is 0 Å². The Hall–Kier alpha value is -1.23. The lowest BCUT2D eigenvalue weighted by Crippen LogP contribution is -2.06. The van der Waals surface area contributed by atoms with Crippen LogP contribution >= 0.6 is 35.3 Å². The highest BCUT2D eigenvalue weighted by Gasteiger charge is 2.11. The first kappa shape index (κ1) is 15.7. The zero-order valence-corrected chi connectivity index (χ0v) is 14.6. The fourth-order valence-electron chi connectivity index (χ4n) is 2.08. The van der Waals surface area contributed by atoms with Gasteiger partial charge in [0.1, 0.15) is 0 Å². The molecule has 0 aliphatic carbocycles. The van der Waals surface area contributed by atoms with E-state index in [-0.39, 0.29) is 0 Å². The van der Waals surface area contributed by atoms with Gasteiger partial charge in [0, 0.05) is 31.9 Å². The molecule has 1 nitrogen and oxygen atoms in total. The van der Waals surface area contributed by atoms with Crippen LogP contribution in [0, 0.1) is 0 Å². The van der Waals surface area contributed by atoms with Crippen molar-refractivity contribution in [2.24, 2.45) is 0 Å². The van der Waals surface area contributed by atoms with Crippen molar-refractivity contribution in [1.29, 1.82) is 0 Å². The largest absolute Gasteiger partial charge is 0.358 e. The van der Waals surface area contributed by atoms with Crippen LogP contribution in [0.25, 0.3) is 0 Å². The van der Waals surface area contributed by atoms with Gasteiger partial charge in [0.2, 0.25) is 0 Å². The Morgan fingerprint density at radius 1 is 0.773 bits per heavy atom. The van der Waals surface area contributed by atoms with Gasteiger partial charge in [-0.1, -0.05) is 49.2 Å². The maximum Gasteiger partial charge on any atom is 0.0520 e. The molecule has 112 valence electrons. The molecule has 0 atom stereocenters. The SMILES string of the molecule is C=C1CSc2ccccc2N1.C=C1CSc2ccccc2S1. The van der Waals surface area contributed by atoms with Crippen LogP contribution < -0.4 is 5.32 Å². The van der Waals surface area contributed by atoms with Gasteiger partial charge in [0.15, 0.2) is 0 Å². The average molecular weight is 344 g/mol. The van der Waals surface area contributed by atoms with Crippen LogP contribution in [0.1, 0.15) is 0 Å². The van der Waals surface area contributed by atoms with E-state index >= 15 is 0 Å². The highest BCUT2D eigenvalue weighted by atomic mass is 32.2. The zero-order valence-electron chi connectivity index (χ0n) is 12.2. The van der Waals surface area contributed by atoms with E-state index in [9.17, 15) is 0 Å². The fourth-order valence-corrected chi connectivity index (χ4v) is 4.98. The lowest BCUT2D eigenvalue weighted by molar-refractivity contribution is 1.24. The molecule has 0 unspecified atom stereocenters. The topological polar surface area (TPSA) is 12.0 Å². The average Bonchev–Trinajstić information content (AvgIpc) is 2.55. The maximum absolute atomic E-state index is 3.96. The Balaban J connectivity index is 0.000000131. The van der Waals surface area contributed by atoms with Crippen LogP contribution in [-0.4, -0.2) is 11.5 Å². The minimum atomic E-state index is 0.983. The van der Waals surface area contributed by atoms with Crippen LogP contribution in [0.3, 0.4) is 0 Å². The van der Waals surface area contributed by atoms with Gasteiger partial charge in [-0.3, -0.25) is 0 Å². The van der Waals surface area contributed by atoms with E-state index in [0.717, 1.165) is 17.2 Å². The minimum absolute atomic E-state index is 0.983. The summed E-state index contributed by atoms with van der Waals surface area (Å²) in [6, 6.07) is 16.8. The summed E-state index contributed by atoms with van der Waals surface area (Å²) in [6.45, 7) is 7.84. The van der Waals surface area contributed by atoms with Crippen molar-refractivity contribution in [3.05, 3.63) is 72.3 Å². The van der Waals surface area contributed by atoms with Crippen LogP contribution in [0.4, 0.5) is 5.69 Å². The number of benzene rings is 2. The minimum Gasteiger partial charge on any atom is -0.358 e. The highest BCUT2D eigenvalue weighted by molar-refractivity contribution is 8.08. The summed E-state index contributed by atoms with van der Waals surface area (Å²) in [5.41, 5.74) is 2.28. The van der Waals surface area contributed by atoms with Gasteiger partial charge in [0.25, 0.3) is 0 Å². The first-order valence-corrected chi connectivity index (χ1v) is 9.75. The molecule has 1 N–H and O–H groups in total. The Kier molecular flexibility index (Phi) is 5.24. The van der Waals surface area contributed by atoms with Crippen molar-refractivity contribution >= 4 is 41.0 Å². The number of hydrogen-bond donors (Lipinski definition) is 1. The van der Waals surface area contributed by atoms with Crippen LogP contribution in [0.15, 0.2) is 87.0 Å². The molecule has 2 heterocycles. The summed E-state index contributed by atoms with van der Waals surface area (Å²) in [5.74, 6) is 2.04. The van der Waals surface area contributed by atoms with Crippen molar-refractivity contribution < 1.29 is 0 Å². The summed E-state index contributed by atoms with van der Waals surface area (Å²) in [4.78, 5) is 5.33. The van der Waals surface area contributed by atoms with Crippen LogP contribution in [-0.2, 0) is 0 Å². The standard InChI is InChI=1S/C9H9NS.C9H8S2/c1-7-6-11-9-5-3-2-4-8(9)10-7;1-7-6-10-8-4-2-3-5-9(8)11-7/h2-5,10H,1,6H2;2-5H,1,6H2. The molecule has 2 aliphatic heterocycles. The van der Waals surface area contributed by atoms with Crippen molar-refractivity contribution in [2.75, 3.05) is 16.8 Å². The van der Waals surface area contributed by atoms with Gasteiger partial charge in [-0.2, -0.15) is 0 Å². The molecule has 22 heavy (non-hydrogen) atoms. The van der Waals surface area contributed by atoms with Crippen molar-refractivity contribution in [1.82, 2.24) is 0 Å². The molecule has 0 saturated heterocycles. The van der Waals surface area contributed by atoms with E-state index in [0.29, 0.717) is 0 Å². The molecular formula is C18H17NS3. The third-order valence-corrected chi connectivity index (χ3v) is 6.73. The lowest BCUT2D eigenvalue weighted by atomic mass is 10.3. The third kappa shape index (κ3) is 3.94. The molecule has 0 bridgehead atoms. The fraction of sp³-hybridized carbons (Fsp3) is 0.111. The summed E-state index contributed by atoms with van der Waals surface area (Å²) >= 11 is 5.51. The molecule has 2 aromatic carbocycles. The van der Waals surface area contributed by atoms with Gasteiger partial charge in [-0.15, -0.1) is 23.5 Å². The predicted molar refractivity (Wildman–Crippen MR) is 102 cm³/mol. The Labute approximate surface area is 144 Å². The summed E-state index contributed by atoms with van der Waals surface area (Å²) in [6.07, 6.45) is 0. The zero-order chi connectivity index (χ0) is 15.4. The van der Waals surface area contributed by atoms with Gasteiger partial charge in [-0.05, 0) is 29.2 Å². The van der Waals surface area contributed by atoms with E-state index in [1.54, 1.807) is 11.8 Å². The summed E-state index contributed by atoms with van der Waals surface area (Å²) in [5, 5.41) is 3.24. The molecule has 2 aromatic rings. The molecule has 0 saturated carbocycles. The molecule has 4 rings (SSSR count). The first-order valence-electron chi connectivity index (χ1n) is 6.96. The predicted octanol–water partition coefficient (Wildman–Crippen LogP) is 6.12. The molecule has 0 amide bonds. The molecule has 4 heteroatoms. The normalized spacial score (nSPS) is 15.8. The number of para-hydroxylation sites is 1. The van der Waals surface area contributed by atoms with E-state index in [1.807, 2.05) is 29.6 Å². The molecule has 0 radical (unpaired) electrons. The maximum atomic E-state index is 3.96. The van der Waals surface area contributed by atoms with Gasteiger partial charge < -0.3 is 5.32 Å². The monoisotopic (exact) mass is 343 g/mol.